The van der Waals surface area contributed by atoms with Crippen LogP contribution in [-0.4, -0.2) is 38.3 Å². The molecule has 19 heavy (non-hydrogen) atoms. The Labute approximate surface area is 112 Å². The summed E-state index contributed by atoms with van der Waals surface area (Å²) in [4.78, 5) is 11.5. The molecule has 0 saturated carbocycles. The minimum atomic E-state index is -3.68. The number of nitrogens with one attached hydrogen (secondary N) is 1. The molecule has 1 heterocycles. The van der Waals surface area contributed by atoms with Gasteiger partial charge in [-0.2, -0.15) is 4.31 Å². The van der Waals surface area contributed by atoms with Gasteiger partial charge in [-0.25, -0.2) is 8.42 Å². The summed E-state index contributed by atoms with van der Waals surface area (Å²) < 4.78 is 26.3. The van der Waals surface area contributed by atoms with E-state index < -0.39 is 10.0 Å². The van der Waals surface area contributed by atoms with Crippen molar-refractivity contribution in [1.82, 2.24) is 9.62 Å². The van der Waals surface area contributed by atoms with Gasteiger partial charge in [-0.1, -0.05) is 0 Å². The molecule has 0 bridgehead atoms. The standard InChI is InChI=1S/C12H17N3O3S/c1-8-5-10(13)6-11(9(8)2)19(17,18)15-4-3-14-12(16)7-15/h5-6H,3-4,7,13H2,1-2H3,(H,14,16). The Balaban J connectivity index is 2.47. The SMILES string of the molecule is Cc1cc(N)cc(S(=O)(=O)N2CCNC(=O)C2)c1C. The molecule has 2 rings (SSSR count). The largest absolute Gasteiger partial charge is 0.399 e. The van der Waals surface area contributed by atoms with Gasteiger partial charge in [0.15, 0.2) is 0 Å². The van der Waals surface area contributed by atoms with Crippen LogP contribution in [0.25, 0.3) is 0 Å². The molecule has 0 unspecified atom stereocenters. The maximum absolute atomic E-state index is 12.5. The van der Waals surface area contributed by atoms with Crippen molar-refractivity contribution >= 4 is 21.6 Å². The maximum atomic E-state index is 12.5. The minimum absolute atomic E-state index is 0.143. The second-order valence-electron chi connectivity index (χ2n) is 4.65. The van der Waals surface area contributed by atoms with Crippen molar-refractivity contribution in [3.63, 3.8) is 0 Å². The first kappa shape index (κ1) is 13.8. The summed E-state index contributed by atoms with van der Waals surface area (Å²) in [6, 6.07) is 3.18. The van der Waals surface area contributed by atoms with Crippen LogP contribution in [0.5, 0.6) is 0 Å². The predicted molar refractivity (Wildman–Crippen MR) is 72.1 cm³/mol. The van der Waals surface area contributed by atoms with Crippen LogP contribution >= 0.6 is 0 Å². The number of benzene rings is 1. The van der Waals surface area contributed by atoms with Gasteiger partial charge in [-0.15, -0.1) is 0 Å². The number of hydrogen-bond acceptors (Lipinski definition) is 4. The average Bonchev–Trinajstić information content (AvgIpc) is 2.33. The molecule has 0 aromatic heterocycles. The van der Waals surface area contributed by atoms with Gasteiger partial charge in [0, 0.05) is 18.8 Å². The van der Waals surface area contributed by atoms with Crippen molar-refractivity contribution in [3.05, 3.63) is 23.3 Å². The van der Waals surface area contributed by atoms with Crippen LogP contribution in [0.2, 0.25) is 0 Å². The molecular weight excluding hydrogens is 266 g/mol. The fraction of sp³-hybridized carbons (Fsp3) is 0.417. The van der Waals surface area contributed by atoms with Gasteiger partial charge in [0.2, 0.25) is 15.9 Å². The first-order valence-electron chi connectivity index (χ1n) is 5.96. The molecule has 1 amide bonds. The van der Waals surface area contributed by atoms with Crippen LogP contribution in [0, 0.1) is 13.8 Å². The number of sulfonamides is 1. The molecule has 1 aliphatic rings. The van der Waals surface area contributed by atoms with Crippen molar-refractivity contribution in [2.45, 2.75) is 18.7 Å². The fourth-order valence-corrected chi connectivity index (χ4v) is 3.81. The number of rotatable bonds is 2. The summed E-state index contributed by atoms with van der Waals surface area (Å²) in [6.45, 7) is 4.02. The maximum Gasteiger partial charge on any atom is 0.243 e. The Morgan fingerprint density at radius 1 is 1.32 bits per heavy atom. The number of carbonyl (C=O) groups is 1. The summed E-state index contributed by atoms with van der Waals surface area (Å²) in [5, 5.41) is 2.60. The molecule has 0 radical (unpaired) electrons. The molecule has 104 valence electrons. The Morgan fingerprint density at radius 3 is 2.63 bits per heavy atom. The third-order valence-corrected chi connectivity index (χ3v) is 5.23. The van der Waals surface area contributed by atoms with Crippen molar-refractivity contribution < 1.29 is 13.2 Å². The zero-order chi connectivity index (χ0) is 14.2. The Hall–Kier alpha value is -1.60. The molecule has 0 spiro atoms. The zero-order valence-electron chi connectivity index (χ0n) is 10.9. The minimum Gasteiger partial charge on any atom is -0.399 e. The van der Waals surface area contributed by atoms with Crippen molar-refractivity contribution in [2.24, 2.45) is 0 Å². The van der Waals surface area contributed by atoms with Gasteiger partial charge in [0.05, 0.1) is 11.4 Å². The summed E-state index contributed by atoms with van der Waals surface area (Å²) in [5.41, 5.74) is 7.61. The Morgan fingerprint density at radius 2 is 2.00 bits per heavy atom. The highest BCUT2D eigenvalue weighted by atomic mass is 32.2. The van der Waals surface area contributed by atoms with Crippen LogP contribution in [0.15, 0.2) is 17.0 Å². The summed E-state index contributed by atoms with van der Waals surface area (Å²) in [5.74, 6) is -0.284. The molecule has 7 heteroatoms. The molecule has 1 saturated heterocycles. The molecule has 1 fully saturated rings. The molecule has 0 aliphatic carbocycles. The van der Waals surface area contributed by atoms with E-state index in [1.807, 2.05) is 6.92 Å². The van der Waals surface area contributed by atoms with Crippen molar-refractivity contribution in [3.8, 4) is 0 Å². The van der Waals surface area contributed by atoms with E-state index in [4.69, 9.17) is 5.73 Å². The van der Waals surface area contributed by atoms with E-state index in [-0.39, 0.29) is 23.9 Å². The fourth-order valence-electron chi connectivity index (χ4n) is 2.08. The Bertz CT molecular complexity index is 625. The van der Waals surface area contributed by atoms with Crippen LogP contribution in [0.3, 0.4) is 0 Å². The van der Waals surface area contributed by atoms with E-state index in [1.165, 1.54) is 10.4 Å². The smallest absolute Gasteiger partial charge is 0.243 e. The number of nitrogens with two attached hydrogens (primary N) is 1. The number of hydrogen-bond donors (Lipinski definition) is 2. The second-order valence-corrected chi connectivity index (χ2v) is 6.56. The zero-order valence-corrected chi connectivity index (χ0v) is 11.8. The lowest BCUT2D eigenvalue weighted by molar-refractivity contribution is -0.122. The van der Waals surface area contributed by atoms with Crippen molar-refractivity contribution in [1.29, 1.82) is 0 Å². The van der Waals surface area contributed by atoms with Crippen LogP contribution in [0.1, 0.15) is 11.1 Å². The number of carbonyl (C=O) groups excluding carboxylic acids is 1. The number of piperazine rings is 1. The van der Waals surface area contributed by atoms with Crippen molar-refractivity contribution in [2.75, 3.05) is 25.4 Å². The summed E-state index contributed by atoms with van der Waals surface area (Å²) in [7, 11) is -3.68. The van der Waals surface area contributed by atoms with E-state index in [9.17, 15) is 13.2 Å². The number of nitrogen functional groups attached to an aromatic ring is 1. The lowest BCUT2D eigenvalue weighted by atomic mass is 10.1. The molecule has 0 atom stereocenters. The predicted octanol–water partition coefficient (Wildman–Crippen LogP) is 0.00614. The normalized spacial score (nSPS) is 17.3. The molecular formula is C12H17N3O3S. The van der Waals surface area contributed by atoms with E-state index in [2.05, 4.69) is 5.32 Å². The van der Waals surface area contributed by atoms with E-state index in [1.54, 1.807) is 13.0 Å². The summed E-state index contributed by atoms with van der Waals surface area (Å²) >= 11 is 0. The van der Waals surface area contributed by atoms with Crippen LogP contribution < -0.4 is 11.1 Å². The molecule has 3 N–H and O–H groups in total. The Kier molecular flexibility index (Phi) is 3.51. The lowest BCUT2D eigenvalue weighted by Crippen LogP contribution is -2.49. The van der Waals surface area contributed by atoms with E-state index >= 15 is 0 Å². The number of aryl methyl sites for hydroxylation is 1. The topological polar surface area (TPSA) is 92.5 Å². The average molecular weight is 283 g/mol. The number of nitrogens with zero attached hydrogens (tertiary/aromatic N) is 1. The number of anilines is 1. The van der Waals surface area contributed by atoms with Gasteiger partial charge >= 0.3 is 0 Å². The van der Waals surface area contributed by atoms with Gasteiger partial charge in [0.25, 0.3) is 0 Å². The quantitative estimate of drug-likeness (QED) is 0.748. The highest BCUT2D eigenvalue weighted by Crippen LogP contribution is 2.25. The first-order valence-corrected chi connectivity index (χ1v) is 7.40. The number of amides is 1. The highest BCUT2D eigenvalue weighted by molar-refractivity contribution is 7.89. The van der Waals surface area contributed by atoms with Gasteiger partial charge < -0.3 is 11.1 Å². The van der Waals surface area contributed by atoms with Gasteiger partial charge in [-0.05, 0) is 37.1 Å². The molecule has 1 aromatic rings. The lowest BCUT2D eigenvalue weighted by Gasteiger charge is -2.27. The van der Waals surface area contributed by atoms with E-state index in [0.29, 0.717) is 17.8 Å². The van der Waals surface area contributed by atoms with Crippen LogP contribution in [0.4, 0.5) is 5.69 Å². The summed E-state index contributed by atoms with van der Waals surface area (Å²) in [6.07, 6.45) is 0. The molecule has 1 aliphatic heterocycles. The van der Waals surface area contributed by atoms with Gasteiger partial charge in [-0.3, -0.25) is 4.79 Å². The third kappa shape index (κ3) is 2.57. The monoisotopic (exact) mass is 283 g/mol. The first-order chi connectivity index (χ1) is 8.82. The van der Waals surface area contributed by atoms with E-state index in [0.717, 1.165) is 5.56 Å². The second kappa shape index (κ2) is 4.82. The third-order valence-electron chi connectivity index (χ3n) is 3.26. The van der Waals surface area contributed by atoms with Crippen LogP contribution in [-0.2, 0) is 14.8 Å². The molecule has 1 aromatic carbocycles. The highest BCUT2D eigenvalue weighted by Gasteiger charge is 2.30. The van der Waals surface area contributed by atoms with Gasteiger partial charge in [0.1, 0.15) is 0 Å². The molecule has 6 nitrogen and oxygen atoms in total.